The molecular weight excluding hydrogens is 224 g/mol. The molecule has 0 saturated heterocycles. The van der Waals surface area contributed by atoms with Gasteiger partial charge in [0.05, 0.1) is 6.07 Å². The molecule has 0 aliphatic rings. The van der Waals surface area contributed by atoms with E-state index in [1.165, 1.54) is 16.3 Å². The predicted molar refractivity (Wildman–Crippen MR) is 70.9 cm³/mol. The molecule has 1 N–H and O–H groups in total. The van der Waals surface area contributed by atoms with Gasteiger partial charge in [-0.1, -0.05) is 42.5 Å². The molecule has 18 heavy (non-hydrogen) atoms. The van der Waals surface area contributed by atoms with Crippen LogP contribution in [0, 0.1) is 11.3 Å². The molecular formula is C15H14N2O. The van der Waals surface area contributed by atoms with Gasteiger partial charge < -0.3 is 5.32 Å². The minimum Gasteiger partial charge on any atom is -0.355 e. The third-order valence-corrected chi connectivity index (χ3v) is 2.84. The van der Waals surface area contributed by atoms with Gasteiger partial charge >= 0.3 is 0 Å². The van der Waals surface area contributed by atoms with Crippen molar-refractivity contribution in [2.75, 3.05) is 6.54 Å². The Morgan fingerprint density at radius 2 is 1.94 bits per heavy atom. The molecule has 0 aliphatic heterocycles. The van der Waals surface area contributed by atoms with E-state index in [1.54, 1.807) is 0 Å². The predicted octanol–water partition coefficient (Wildman–Crippen LogP) is 2.41. The van der Waals surface area contributed by atoms with E-state index in [0.717, 1.165) is 6.42 Å². The quantitative estimate of drug-likeness (QED) is 0.889. The second-order valence-corrected chi connectivity index (χ2v) is 4.07. The fraction of sp³-hybridized carbons (Fsp3) is 0.200. The maximum Gasteiger partial charge on any atom is 0.234 e. The van der Waals surface area contributed by atoms with Crippen molar-refractivity contribution in [3.63, 3.8) is 0 Å². The summed E-state index contributed by atoms with van der Waals surface area (Å²) in [7, 11) is 0. The summed E-state index contributed by atoms with van der Waals surface area (Å²) in [6.45, 7) is 0.564. The summed E-state index contributed by atoms with van der Waals surface area (Å²) in [5.74, 6) is -0.210. The fourth-order valence-corrected chi connectivity index (χ4v) is 1.98. The van der Waals surface area contributed by atoms with Crippen molar-refractivity contribution in [1.29, 1.82) is 5.26 Å². The van der Waals surface area contributed by atoms with E-state index in [0.29, 0.717) is 6.54 Å². The highest BCUT2D eigenvalue weighted by Crippen LogP contribution is 2.18. The molecule has 0 spiro atoms. The van der Waals surface area contributed by atoms with Crippen molar-refractivity contribution >= 4 is 16.7 Å². The van der Waals surface area contributed by atoms with Crippen LogP contribution in [0.4, 0.5) is 0 Å². The topological polar surface area (TPSA) is 52.9 Å². The number of rotatable bonds is 4. The van der Waals surface area contributed by atoms with Crippen LogP contribution in [-0.4, -0.2) is 12.5 Å². The summed E-state index contributed by atoms with van der Waals surface area (Å²) < 4.78 is 0. The number of carbonyl (C=O) groups excluding carboxylic acids is 1. The summed E-state index contributed by atoms with van der Waals surface area (Å²) in [6.07, 6.45) is 0.702. The fourth-order valence-electron chi connectivity index (χ4n) is 1.98. The van der Waals surface area contributed by atoms with E-state index in [9.17, 15) is 4.79 Å². The van der Waals surface area contributed by atoms with Crippen LogP contribution in [0.1, 0.15) is 12.0 Å². The van der Waals surface area contributed by atoms with E-state index < -0.39 is 0 Å². The number of nitriles is 1. The maximum absolute atomic E-state index is 11.2. The van der Waals surface area contributed by atoms with Crippen molar-refractivity contribution in [1.82, 2.24) is 5.32 Å². The lowest BCUT2D eigenvalue weighted by Crippen LogP contribution is -2.24. The van der Waals surface area contributed by atoms with E-state index in [1.807, 2.05) is 24.3 Å². The molecule has 0 saturated carbocycles. The molecule has 0 radical (unpaired) electrons. The number of nitrogens with one attached hydrogen (secondary N) is 1. The van der Waals surface area contributed by atoms with Gasteiger partial charge in [0, 0.05) is 6.54 Å². The average molecular weight is 238 g/mol. The van der Waals surface area contributed by atoms with Crippen LogP contribution in [-0.2, 0) is 11.2 Å². The molecule has 0 fully saturated rings. The van der Waals surface area contributed by atoms with Gasteiger partial charge in [-0.25, -0.2) is 0 Å². The maximum atomic E-state index is 11.2. The number of nitrogens with zero attached hydrogens (tertiary/aromatic N) is 1. The van der Waals surface area contributed by atoms with Gasteiger partial charge in [-0.3, -0.25) is 4.79 Å². The third-order valence-electron chi connectivity index (χ3n) is 2.84. The van der Waals surface area contributed by atoms with E-state index in [4.69, 9.17) is 5.26 Å². The lowest BCUT2D eigenvalue weighted by molar-refractivity contribution is -0.120. The number of carbonyl (C=O) groups is 1. The van der Waals surface area contributed by atoms with Gasteiger partial charge in [0.25, 0.3) is 0 Å². The summed E-state index contributed by atoms with van der Waals surface area (Å²) >= 11 is 0. The highest BCUT2D eigenvalue weighted by Gasteiger charge is 2.02. The molecule has 2 aromatic rings. The highest BCUT2D eigenvalue weighted by molar-refractivity contribution is 5.85. The Kier molecular flexibility index (Phi) is 3.93. The van der Waals surface area contributed by atoms with Gasteiger partial charge in [-0.15, -0.1) is 0 Å². The average Bonchev–Trinajstić information content (AvgIpc) is 2.39. The first-order chi connectivity index (χ1) is 8.81. The monoisotopic (exact) mass is 238 g/mol. The van der Waals surface area contributed by atoms with Crippen LogP contribution in [0.25, 0.3) is 10.8 Å². The Morgan fingerprint density at radius 1 is 1.17 bits per heavy atom. The molecule has 0 aliphatic carbocycles. The molecule has 2 aromatic carbocycles. The van der Waals surface area contributed by atoms with E-state index in [2.05, 4.69) is 29.6 Å². The van der Waals surface area contributed by atoms with Crippen LogP contribution in [0.3, 0.4) is 0 Å². The number of hydrogen-bond acceptors (Lipinski definition) is 2. The SMILES string of the molecule is N#CCC(=O)NCCc1cccc2ccccc12. The minimum absolute atomic E-state index is 0.0739. The lowest BCUT2D eigenvalue weighted by Gasteiger charge is -2.07. The molecule has 0 aromatic heterocycles. The molecule has 3 heteroatoms. The van der Waals surface area contributed by atoms with Gasteiger partial charge in [0.15, 0.2) is 0 Å². The molecule has 0 atom stereocenters. The molecule has 0 unspecified atom stereocenters. The van der Waals surface area contributed by atoms with Crippen LogP contribution >= 0.6 is 0 Å². The molecule has 0 bridgehead atoms. The number of fused-ring (bicyclic) bond motifs is 1. The normalized spacial score (nSPS) is 9.94. The summed E-state index contributed by atoms with van der Waals surface area (Å²) in [5, 5.41) is 13.5. The molecule has 90 valence electrons. The molecule has 0 heterocycles. The van der Waals surface area contributed by atoms with Crippen molar-refractivity contribution in [2.45, 2.75) is 12.8 Å². The van der Waals surface area contributed by atoms with Crippen molar-refractivity contribution in [3.8, 4) is 6.07 Å². The Balaban J connectivity index is 2.04. The van der Waals surface area contributed by atoms with Crippen molar-refractivity contribution in [3.05, 3.63) is 48.0 Å². The largest absolute Gasteiger partial charge is 0.355 e. The van der Waals surface area contributed by atoms with Gasteiger partial charge in [-0.05, 0) is 22.8 Å². The highest BCUT2D eigenvalue weighted by atomic mass is 16.1. The molecule has 2 rings (SSSR count). The number of hydrogen-bond donors (Lipinski definition) is 1. The van der Waals surface area contributed by atoms with E-state index >= 15 is 0 Å². The first-order valence-electron chi connectivity index (χ1n) is 5.91. The van der Waals surface area contributed by atoms with Gasteiger partial charge in [-0.2, -0.15) is 5.26 Å². The van der Waals surface area contributed by atoms with Crippen LogP contribution in [0.5, 0.6) is 0 Å². The second-order valence-electron chi connectivity index (χ2n) is 4.07. The molecule has 3 nitrogen and oxygen atoms in total. The lowest BCUT2D eigenvalue weighted by atomic mass is 10.0. The summed E-state index contributed by atoms with van der Waals surface area (Å²) in [6, 6.07) is 16.2. The van der Waals surface area contributed by atoms with Gasteiger partial charge in [0.1, 0.15) is 6.42 Å². The van der Waals surface area contributed by atoms with Crippen LogP contribution < -0.4 is 5.32 Å². The standard InChI is InChI=1S/C15H14N2O/c16-10-8-15(18)17-11-9-13-6-3-5-12-4-1-2-7-14(12)13/h1-7H,8-9,11H2,(H,17,18). The Bertz CT molecular complexity index is 593. The zero-order valence-corrected chi connectivity index (χ0v) is 10.0. The Labute approximate surface area is 106 Å². The van der Waals surface area contributed by atoms with Gasteiger partial charge in [0.2, 0.25) is 5.91 Å². The third kappa shape index (κ3) is 2.86. The molecule has 1 amide bonds. The van der Waals surface area contributed by atoms with Crippen LogP contribution in [0.15, 0.2) is 42.5 Å². The number of benzene rings is 2. The van der Waals surface area contributed by atoms with Crippen molar-refractivity contribution in [2.24, 2.45) is 0 Å². The van der Waals surface area contributed by atoms with E-state index in [-0.39, 0.29) is 12.3 Å². The Morgan fingerprint density at radius 3 is 2.78 bits per heavy atom. The summed E-state index contributed by atoms with van der Waals surface area (Å²) in [5.41, 5.74) is 1.21. The minimum atomic E-state index is -0.210. The van der Waals surface area contributed by atoms with Crippen molar-refractivity contribution < 1.29 is 4.79 Å². The summed E-state index contributed by atoms with van der Waals surface area (Å²) in [4.78, 5) is 11.2. The second kappa shape index (κ2) is 5.83. The van der Waals surface area contributed by atoms with Crippen LogP contribution in [0.2, 0.25) is 0 Å². The Hall–Kier alpha value is -2.34. The zero-order chi connectivity index (χ0) is 12.8. The first kappa shape index (κ1) is 12.1. The zero-order valence-electron chi connectivity index (χ0n) is 10.0. The first-order valence-corrected chi connectivity index (χ1v) is 5.91. The number of amides is 1. The smallest absolute Gasteiger partial charge is 0.234 e.